The number of carbonyl (C=O) groups is 2. The molecule has 0 saturated heterocycles. The fourth-order valence-corrected chi connectivity index (χ4v) is 7.00. The molecule has 2 aromatic carbocycles. The Morgan fingerprint density at radius 1 is 0.553 bits per heavy atom. The van der Waals surface area contributed by atoms with Gasteiger partial charge in [0.15, 0.2) is 23.0 Å². The number of allylic oxidation sites excluding steroid dienone is 4. The van der Waals surface area contributed by atoms with Crippen LogP contribution in [0.4, 0.5) is 0 Å². The maximum absolute atomic E-state index is 13.0. The van der Waals surface area contributed by atoms with Crippen LogP contribution in [0.2, 0.25) is 0 Å². The molecule has 2 bridgehead atoms. The maximum atomic E-state index is 13.0. The fraction of sp³-hybridized carbons (Fsp3) is 0.438. The predicted molar refractivity (Wildman–Crippen MR) is 146 cm³/mol. The summed E-state index contributed by atoms with van der Waals surface area (Å²) < 4.78 is 23.2. The van der Waals surface area contributed by atoms with Gasteiger partial charge in [-0.1, -0.05) is 39.5 Å². The molecule has 0 aliphatic heterocycles. The quantitative estimate of drug-likeness (QED) is 0.285. The summed E-state index contributed by atoms with van der Waals surface area (Å²) in [7, 11) is 6.58. The van der Waals surface area contributed by atoms with Crippen molar-refractivity contribution in [3.8, 4) is 23.0 Å². The number of unbranched alkanes of at least 4 members (excludes halogenated alkanes) is 2. The first kappa shape index (κ1) is 26.1. The van der Waals surface area contributed by atoms with Crippen LogP contribution in [0.1, 0.15) is 74.6 Å². The molecule has 2 aromatic rings. The summed E-state index contributed by atoms with van der Waals surface area (Å²) in [6.07, 6.45) is 8.56. The van der Waals surface area contributed by atoms with E-state index in [9.17, 15) is 9.59 Å². The minimum absolute atomic E-state index is 0.470. The molecular formula is C32H36O6. The zero-order valence-corrected chi connectivity index (χ0v) is 23.2. The lowest BCUT2D eigenvalue weighted by Crippen LogP contribution is -2.53. The molecule has 6 nitrogen and oxygen atoms in total. The van der Waals surface area contributed by atoms with E-state index in [2.05, 4.69) is 38.1 Å². The summed E-state index contributed by atoms with van der Waals surface area (Å²) in [5.41, 5.74) is 4.94. The Labute approximate surface area is 224 Å². The smallest absolute Gasteiger partial charge is 0.226 e. The van der Waals surface area contributed by atoms with Crippen LogP contribution < -0.4 is 18.9 Å². The van der Waals surface area contributed by atoms with Gasteiger partial charge < -0.3 is 18.9 Å². The van der Waals surface area contributed by atoms with Gasteiger partial charge in [-0.25, -0.2) is 0 Å². The first-order valence-corrected chi connectivity index (χ1v) is 13.4. The molecule has 0 aromatic heterocycles. The Balaban J connectivity index is 2.02. The molecule has 0 amide bonds. The van der Waals surface area contributed by atoms with Crippen LogP contribution in [-0.2, 0) is 20.4 Å². The summed E-state index contributed by atoms with van der Waals surface area (Å²) in [5, 5.41) is 0. The second kappa shape index (κ2) is 9.64. The SMILES string of the molecule is CCCCC12C3=CC(=O)C(=O)C=C3C(CCCC)(c3cc(OC)c(OC)cc31)c1cc(OC)c(OC)cc12. The van der Waals surface area contributed by atoms with Gasteiger partial charge in [-0.05, 0) is 82.7 Å². The Bertz CT molecular complexity index is 1210. The molecule has 0 fully saturated rings. The molecule has 200 valence electrons. The second-order valence-corrected chi connectivity index (χ2v) is 10.4. The van der Waals surface area contributed by atoms with Crippen molar-refractivity contribution in [2.24, 2.45) is 0 Å². The van der Waals surface area contributed by atoms with E-state index in [1.165, 1.54) is 0 Å². The van der Waals surface area contributed by atoms with Gasteiger partial charge >= 0.3 is 0 Å². The number of hydrogen-bond acceptors (Lipinski definition) is 6. The molecule has 0 N–H and O–H groups in total. The molecule has 0 heterocycles. The third-order valence-electron chi connectivity index (χ3n) is 8.70. The molecule has 0 radical (unpaired) electrons. The van der Waals surface area contributed by atoms with Crippen molar-refractivity contribution in [3.05, 3.63) is 69.8 Å². The molecule has 6 heteroatoms. The van der Waals surface area contributed by atoms with Crippen LogP contribution in [0.5, 0.6) is 23.0 Å². The topological polar surface area (TPSA) is 71.1 Å². The molecular weight excluding hydrogens is 480 g/mol. The van der Waals surface area contributed by atoms with Crippen LogP contribution in [0.15, 0.2) is 47.6 Å². The van der Waals surface area contributed by atoms with Gasteiger partial charge in [0.1, 0.15) is 0 Å². The third-order valence-corrected chi connectivity index (χ3v) is 8.70. The van der Waals surface area contributed by atoms with E-state index in [4.69, 9.17) is 18.9 Å². The largest absolute Gasteiger partial charge is 0.493 e. The predicted octanol–water partition coefficient (Wildman–Crippen LogP) is 6.01. The Hall–Kier alpha value is -3.54. The van der Waals surface area contributed by atoms with Crippen molar-refractivity contribution in [1.82, 2.24) is 0 Å². The van der Waals surface area contributed by atoms with E-state index in [-0.39, 0.29) is 0 Å². The molecule has 38 heavy (non-hydrogen) atoms. The zero-order chi connectivity index (χ0) is 27.2. The van der Waals surface area contributed by atoms with Gasteiger partial charge in [0.25, 0.3) is 0 Å². The monoisotopic (exact) mass is 516 g/mol. The molecule has 6 rings (SSSR count). The highest BCUT2D eigenvalue weighted by atomic mass is 16.5. The van der Waals surface area contributed by atoms with Crippen molar-refractivity contribution in [1.29, 1.82) is 0 Å². The van der Waals surface area contributed by atoms with Crippen LogP contribution in [-0.4, -0.2) is 40.0 Å². The number of ketones is 2. The van der Waals surface area contributed by atoms with Gasteiger partial charge in [-0.3, -0.25) is 9.59 Å². The van der Waals surface area contributed by atoms with Gasteiger partial charge in [0.05, 0.1) is 28.4 Å². The van der Waals surface area contributed by atoms with Crippen molar-refractivity contribution in [2.75, 3.05) is 28.4 Å². The summed E-state index contributed by atoms with van der Waals surface area (Å²) in [4.78, 5) is 25.9. The van der Waals surface area contributed by atoms with Crippen molar-refractivity contribution < 1.29 is 28.5 Å². The molecule has 4 aliphatic rings. The van der Waals surface area contributed by atoms with Crippen LogP contribution in [0.25, 0.3) is 0 Å². The lowest BCUT2D eigenvalue weighted by molar-refractivity contribution is -0.131. The first-order chi connectivity index (χ1) is 18.4. The van der Waals surface area contributed by atoms with Crippen LogP contribution in [0.3, 0.4) is 0 Å². The number of methoxy groups -OCH3 is 4. The van der Waals surface area contributed by atoms with E-state index >= 15 is 0 Å². The van der Waals surface area contributed by atoms with Crippen LogP contribution >= 0.6 is 0 Å². The average molecular weight is 517 g/mol. The zero-order valence-electron chi connectivity index (χ0n) is 23.2. The fourth-order valence-electron chi connectivity index (χ4n) is 7.00. The lowest BCUT2D eigenvalue weighted by Gasteiger charge is -2.59. The number of rotatable bonds is 10. The molecule has 0 spiro atoms. The van der Waals surface area contributed by atoms with Crippen LogP contribution in [0, 0.1) is 0 Å². The Morgan fingerprint density at radius 2 is 0.842 bits per heavy atom. The summed E-state index contributed by atoms with van der Waals surface area (Å²) in [6, 6.07) is 8.34. The first-order valence-electron chi connectivity index (χ1n) is 13.4. The van der Waals surface area contributed by atoms with E-state index in [0.717, 1.165) is 71.9 Å². The number of hydrogen-bond donors (Lipinski definition) is 0. The highest BCUT2D eigenvalue weighted by molar-refractivity contribution is 6.47. The summed E-state index contributed by atoms with van der Waals surface area (Å²) in [5.74, 6) is 1.64. The van der Waals surface area contributed by atoms with E-state index in [0.29, 0.717) is 23.0 Å². The van der Waals surface area contributed by atoms with Gasteiger partial charge in [-0.2, -0.15) is 0 Å². The summed E-state index contributed by atoms with van der Waals surface area (Å²) >= 11 is 0. The molecule has 0 atom stereocenters. The number of carbonyl (C=O) groups excluding carboxylic acids is 2. The third kappa shape index (κ3) is 3.31. The highest BCUT2D eigenvalue weighted by Gasteiger charge is 2.61. The number of ether oxygens (including phenoxy) is 4. The molecule has 0 saturated carbocycles. The molecule has 0 unspecified atom stereocenters. The van der Waals surface area contributed by atoms with E-state index < -0.39 is 22.4 Å². The standard InChI is InChI=1S/C32H36O6/c1-7-9-11-31-19-13-25(33)26(34)14-20(19)32(12-10-8-2,23-17-29(37-5)27(35-3)15-21(23)31)24-18-30(38-6)28(36-4)16-22(24)31/h13-18H,7-12H2,1-6H3. The average Bonchev–Trinajstić information content (AvgIpc) is 2.94. The van der Waals surface area contributed by atoms with Gasteiger partial charge in [0, 0.05) is 10.8 Å². The summed E-state index contributed by atoms with van der Waals surface area (Å²) in [6.45, 7) is 4.33. The maximum Gasteiger partial charge on any atom is 0.226 e. The van der Waals surface area contributed by atoms with E-state index in [1.807, 2.05) is 0 Å². The van der Waals surface area contributed by atoms with E-state index in [1.54, 1.807) is 40.6 Å². The second-order valence-electron chi connectivity index (χ2n) is 10.4. The lowest BCUT2D eigenvalue weighted by atomic mass is 9.42. The van der Waals surface area contributed by atoms with Crippen molar-refractivity contribution >= 4 is 11.6 Å². The molecule has 4 aliphatic carbocycles. The Morgan fingerprint density at radius 3 is 1.08 bits per heavy atom. The Kier molecular flexibility index (Phi) is 6.62. The minimum atomic E-state index is -0.657. The number of benzene rings is 2. The van der Waals surface area contributed by atoms with Gasteiger partial charge in [0.2, 0.25) is 11.6 Å². The van der Waals surface area contributed by atoms with Crippen molar-refractivity contribution in [3.63, 3.8) is 0 Å². The highest BCUT2D eigenvalue weighted by Crippen LogP contribution is 2.69. The minimum Gasteiger partial charge on any atom is -0.493 e. The normalized spacial score (nSPS) is 22.7. The van der Waals surface area contributed by atoms with Gasteiger partial charge in [-0.15, -0.1) is 0 Å². The van der Waals surface area contributed by atoms with Crippen molar-refractivity contribution in [2.45, 2.75) is 63.2 Å².